The zero-order valence-electron chi connectivity index (χ0n) is 10.1. The number of nitrogens with zero attached hydrogens (tertiary/aromatic N) is 1. The molecule has 0 aliphatic carbocycles. The molecule has 0 atom stereocenters. The van der Waals surface area contributed by atoms with Crippen molar-refractivity contribution in [3.63, 3.8) is 0 Å². The molecule has 98 valence electrons. The van der Waals surface area contributed by atoms with Gasteiger partial charge < -0.3 is 11.1 Å². The Morgan fingerprint density at radius 2 is 2.16 bits per heavy atom. The maximum Gasteiger partial charge on any atom is 0.257 e. The first-order chi connectivity index (χ1) is 8.97. The standard InChI is InChI=1S/C13H11BrFN3O/c1-7-10(4-8(16)6-17-7)13(19)18-9-2-3-12(15)11(14)5-9/h2-6H,16H2,1H3,(H,18,19). The minimum atomic E-state index is -0.389. The Kier molecular flexibility index (Phi) is 3.80. The Balaban J connectivity index is 2.25. The minimum absolute atomic E-state index is 0.285. The van der Waals surface area contributed by atoms with Gasteiger partial charge in [0.05, 0.1) is 27.6 Å². The van der Waals surface area contributed by atoms with Gasteiger partial charge in [0.15, 0.2) is 0 Å². The average molecular weight is 324 g/mol. The van der Waals surface area contributed by atoms with Crippen LogP contribution in [0.25, 0.3) is 0 Å². The number of carbonyl (C=O) groups excluding carboxylic acids is 1. The van der Waals surface area contributed by atoms with E-state index in [9.17, 15) is 9.18 Å². The average Bonchev–Trinajstić information content (AvgIpc) is 2.36. The summed E-state index contributed by atoms with van der Waals surface area (Å²) in [6.07, 6.45) is 1.49. The van der Waals surface area contributed by atoms with Crippen LogP contribution in [0.1, 0.15) is 16.1 Å². The fraction of sp³-hybridized carbons (Fsp3) is 0.0769. The summed E-state index contributed by atoms with van der Waals surface area (Å²) in [5.41, 5.74) is 7.47. The second kappa shape index (κ2) is 5.36. The van der Waals surface area contributed by atoms with Gasteiger partial charge in [-0.25, -0.2) is 4.39 Å². The number of nitrogen functional groups attached to an aromatic ring is 1. The second-order valence-electron chi connectivity index (χ2n) is 3.98. The Labute approximate surface area is 118 Å². The van der Waals surface area contributed by atoms with Crippen molar-refractivity contribution in [2.24, 2.45) is 0 Å². The summed E-state index contributed by atoms with van der Waals surface area (Å²) in [5.74, 6) is -0.726. The van der Waals surface area contributed by atoms with E-state index in [1.807, 2.05) is 0 Å². The molecule has 19 heavy (non-hydrogen) atoms. The number of aryl methyl sites for hydroxylation is 1. The topological polar surface area (TPSA) is 68.0 Å². The molecule has 2 rings (SSSR count). The Morgan fingerprint density at radius 1 is 1.42 bits per heavy atom. The molecule has 6 heteroatoms. The van der Waals surface area contributed by atoms with Crippen molar-refractivity contribution in [2.45, 2.75) is 6.92 Å². The fourth-order valence-corrected chi connectivity index (χ4v) is 1.93. The summed E-state index contributed by atoms with van der Waals surface area (Å²) in [5, 5.41) is 2.66. The molecule has 0 bridgehead atoms. The zero-order valence-corrected chi connectivity index (χ0v) is 11.7. The van der Waals surface area contributed by atoms with Crippen LogP contribution in [0.3, 0.4) is 0 Å². The third kappa shape index (κ3) is 3.08. The molecular weight excluding hydrogens is 313 g/mol. The van der Waals surface area contributed by atoms with Crippen LogP contribution in [0.2, 0.25) is 0 Å². The highest BCUT2D eigenvalue weighted by molar-refractivity contribution is 9.10. The van der Waals surface area contributed by atoms with E-state index in [0.29, 0.717) is 22.6 Å². The van der Waals surface area contributed by atoms with Crippen LogP contribution in [0.5, 0.6) is 0 Å². The van der Waals surface area contributed by atoms with Crippen molar-refractivity contribution < 1.29 is 9.18 Å². The summed E-state index contributed by atoms with van der Waals surface area (Å²) >= 11 is 3.06. The highest BCUT2D eigenvalue weighted by Gasteiger charge is 2.11. The number of benzene rings is 1. The molecule has 0 saturated carbocycles. The van der Waals surface area contributed by atoms with Gasteiger partial charge in [-0.05, 0) is 47.1 Å². The van der Waals surface area contributed by atoms with Crippen LogP contribution in [-0.4, -0.2) is 10.9 Å². The predicted molar refractivity (Wildman–Crippen MR) is 75.4 cm³/mol. The van der Waals surface area contributed by atoms with E-state index in [1.54, 1.807) is 13.0 Å². The Morgan fingerprint density at radius 3 is 2.84 bits per heavy atom. The largest absolute Gasteiger partial charge is 0.397 e. The Bertz CT molecular complexity index is 646. The summed E-state index contributed by atoms with van der Waals surface area (Å²) in [6, 6.07) is 5.79. The van der Waals surface area contributed by atoms with E-state index < -0.39 is 0 Å². The van der Waals surface area contributed by atoms with Gasteiger partial charge in [0.2, 0.25) is 0 Å². The van der Waals surface area contributed by atoms with E-state index in [-0.39, 0.29) is 16.2 Å². The number of hydrogen-bond donors (Lipinski definition) is 2. The molecule has 0 fully saturated rings. The van der Waals surface area contributed by atoms with Gasteiger partial charge >= 0.3 is 0 Å². The van der Waals surface area contributed by atoms with Gasteiger partial charge in [-0.2, -0.15) is 0 Å². The fourth-order valence-electron chi connectivity index (χ4n) is 1.55. The molecule has 0 aliphatic heterocycles. The first kappa shape index (κ1) is 13.5. The number of pyridine rings is 1. The molecule has 4 nitrogen and oxygen atoms in total. The van der Waals surface area contributed by atoms with Crippen molar-refractivity contribution in [3.8, 4) is 0 Å². The summed E-state index contributed by atoms with van der Waals surface area (Å²) in [6.45, 7) is 1.72. The molecule has 0 unspecified atom stereocenters. The molecule has 1 aromatic carbocycles. The predicted octanol–water partition coefficient (Wildman–Crippen LogP) is 3.13. The lowest BCUT2D eigenvalue weighted by molar-refractivity contribution is 0.102. The van der Waals surface area contributed by atoms with Gasteiger partial charge in [0, 0.05) is 5.69 Å². The molecular formula is C13H11BrFN3O. The normalized spacial score (nSPS) is 10.3. The number of carbonyl (C=O) groups is 1. The highest BCUT2D eigenvalue weighted by atomic mass is 79.9. The van der Waals surface area contributed by atoms with Gasteiger partial charge in [-0.3, -0.25) is 9.78 Å². The molecule has 1 heterocycles. The summed E-state index contributed by atoms with van der Waals surface area (Å²) < 4.78 is 13.4. The van der Waals surface area contributed by atoms with Crippen LogP contribution in [0.4, 0.5) is 15.8 Å². The maximum atomic E-state index is 13.1. The monoisotopic (exact) mass is 323 g/mol. The quantitative estimate of drug-likeness (QED) is 0.892. The molecule has 3 N–H and O–H groups in total. The van der Waals surface area contributed by atoms with Crippen LogP contribution in [0.15, 0.2) is 34.9 Å². The molecule has 1 amide bonds. The number of aromatic nitrogens is 1. The molecule has 0 radical (unpaired) electrons. The zero-order chi connectivity index (χ0) is 14.0. The van der Waals surface area contributed by atoms with Crippen molar-refractivity contribution in [1.82, 2.24) is 4.98 Å². The Hall–Kier alpha value is -1.95. The smallest absolute Gasteiger partial charge is 0.257 e. The van der Waals surface area contributed by atoms with Gasteiger partial charge in [-0.1, -0.05) is 0 Å². The van der Waals surface area contributed by atoms with Crippen LogP contribution >= 0.6 is 15.9 Å². The first-order valence-corrected chi connectivity index (χ1v) is 6.25. The van der Waals surface area contributed by atoms with E-state index in [2.05, 4.69) is 26.2 Å². The summed E-state index contributed by atoms with van der Waals surface area (Å²) in [7, 11) is 0. The lowest BCUT2D eigenvalue weighted by Gasteiger charge is -2.08. The van der Waals surface area contributed by atoms with Gasteiger partial charge in [0.1, 0.15) is 5.82 Å². The minimum Gasteiger partial charge on any atom is -0.397 e. The highest BCUT2D eigenvalue weighted by Crippen LogP contribution is 2.21. The van der Waals surface area contributed by atoms with Crippen molar-refractivity contribution >= 4 is 33.2 Å². The molecule has 1 aromatic heterocycles. The maximum absolute atomic E-state index is 13.1. The first-order valence-electron chi connectivity index (χ1n) is 5.46. The van der Waals surface area contributed by atoms with E-state index in [1.165, 1.54) is 24.4 Å². The molecule has 0 saturated heterocycles. The van der Waals surface area contributed by atoms with Crippen LogP contribution < -0.4 is 11.1 Å². The number of rotatable bonds is 2. The van der Waals surface area contributed by atoms with E-state index >= 15 is 0 Å². The third-order valence-electron chi connectivity index (χ3n) is 2.53. The number of anilines is 2. The van der Waals surface area contributed by atoms with Crippen LogP contribution in [-0.2, 0) is 0 Å². The van der Waals surface area contributed by atoms with E-state index in [0.717, 1.165) is 0 Å². The molecule has 0 aliphatic rings. The number of amides is 1. The van der Waals surface area contributed by atoms with Gasteiger partial charge in [0.25, 0.3) is 5.91 Å². The number of hydrogen-bond acceptors (Lipinski definition) is 3. The number of nitrogens with two attached hydrogens (primary N) is 1. The van der Waals surface area contributed by atoms with E-state index in [4.69, 9.17) is 5.73 Å². The van der Waals surface area contributed by atoms with Crippen molar-refractivity contribution in [2.75, 3.05) is 11.1 Å². The lowest BCUT2D eigenvalue weighted by atomic mass is 10.1. The number of nitrogens with one attached hydrogen (secondary N) is 1. The van der Waals surface area contributed by atoms with Crippen molar-refractivity contribution in [3.05, 3.63) is 52.0 Å². The SMILES string of the molecule is Cc1ncc(N)cc1C(=O)Nc1ccc(F)c(Br)c1. The van der Waals surface area contributed by atoms with Gasteiger partial charge in [-0.15, -0.1) is 0 Å². The summed E-state index contributed by atoms with van der Waals surface area (Å²) in [4.78, 5) is 16.1. The number of halogens is 2. The van der Waals surface area contributed by atoms with Crippen molar-refractivity contribution in [1.29, 1.82) is 0 Å². The second-order valence-corrected chi connectivity index (χ2v) is 4.84. The molecule has 2 aromatic rings. The third-order valence-corrected chi connectivity index (χ3v) is 3.14. The van der Waals surface area contributed by atoms with Crippen LogP contribution in [0, 0.1) is 12.7 Å². The lowest BCUT2D eigenvalue weighted by Crippen LogP contribution is -2.14. The molecule has 0 spiro atoms.